The number of ether oxygens (including phenoxy) is 7. The molecule has 0 unspecified atom stereocenters. The summed E-state index contributed by atoms with van der Waals surface area (Å²) in [5, 5.41) is 81.6. The predicted octanol–water partition coefficient (Wildman–Crippen LogP) is -5.40. The van der Waals surface area contributed by atoms with Crippen molar-refractivity contribution in [2.24, 2.45) is 0 Å². The fourth-order valence-corrected chi connectivity index (χ4v) is 4.40. The first kappa shape index (κ1) is 31.9. The summed E-state index contributed by atoms with van der Waals surface area (Å²) >= 11 is 0. The molecule has 0 saturated carbocycles. The van der Waals surface area contributed by atoms with Gasteiger partial charge in [0.1, 0.15) is 67.6 Å². The number of esters is 2. The molecule has 0 bridgehead atoms. The van der Waals surface area contributed by atoms with E-state index in [1.807, 2.05) is 0 Å². The fourth-order valence-electron chi connectivity index (χ4n) is 4.40. The molecule has 3 rings (SSSR count). The molecule has 15 atom stereocenters. The van der Waals surface area contributed by atoms with Crippen LogP contribution >= 0.6 is 0 Å². The topological polar surface area (TPSA) is 261 Å². The molecule has 3 aliphatic heterocycles. The molecule has 39 heavy (non-hydrogen) atoms. The zero-order valence-electron chi connectivity index (χ0n) is 21.3. The Hall–Kier alpha value is -1.58. The van der Waals surface area contributed by atoms with Crippen LogP contribution in [0.5, 0.6) is 0 Å². The van der Waals surface area contributed by atoms with Crippen LogP contribution in [0.4, 0.5) is 0 Å². The van der Waals surface area contributed by atoms with Crippen molar-refractivity contribution in [2.45, 2.75) is 113 Å². The number of hydrogen-bond donors (Lipinski definition) is 8. The molecule has 3 heterocycles. The predicted molar refractivity (Wildman–Crippen MR) is 119 cm³/mol. The zero-order chi connectivity index (χ0) is 29.2. The van der Waals surface area contributed by atoms with Gasteiger partial charge in [0.2, 0.25) is 0 Å². The summed E-state index contributed by atoms with van der Waals surface area (Å²) in [6.45, 7) is 2.48. The second kappa shape index (κ2) is 13.4. The van der Waals surface area contributed by atoms with E-state index in [0.717, 1.165) is 13.8 Å². The highest BCUT2D eigenvalue weighted by Crippen LogP contribution is 2.31. The lowest BCUT2D eigenvalue weighted by molar-refractivity contribution is -0.361. The van der Waals surface area contributed by atoms with Crippen molar-refractivity contribution in [1.29, 1.82) is 0 Å². The number of hydrogen-bond acceptors (Lipinski definition) is 17. The minimum absolute atomic E-state index is 0.524. The second-order valence-corrected chi connectivity index (χ2v) is 9.56. The van der Waals surface area contributed by atoms with Crippen molar-refractivity contribution < 1.29 is 83.6 Å². The summed E-state index contributed by atoms with van der Waals surface area (Å²) in [4.78, 5) is 22.9. The van der Waals surface area contributed by atoms with Crippen LogP contribution in [0.3, 0.4) is 0 Å². The highest BCUT2D eigenvalue weighted by Gasteiger charge is 2.52. The summed E-state index contributed by atoms with van der Waals surface area (Å²) in [7, 11) is 0. The van der Waals surface area contributed by atoms with Crippen molar-refractivity contribution in [1.82, 2.24) is 0 Å². The Kier molecular flexibility index (Phi) is 11.0. The third kappa shape index (κ3) is 7.39. The van der Waals surface area contributed by atoms with Crippen LogP contribution in [0.15, 0.2) is 0 Å². The van der Waals surface area contributed by atoms with Crippen LogP contribution in [0.25, 0.3) is 0 Å². The minimum Gasteiger partial charge on any atom is -0.463 e. The number of carbonyl (C=O) groups excluding carboxylic acids is 2. The van der Waals surface area contributed by atoms with Crippen molar-refractivity contribution >= 4 is 11.9 Å². The average Bonchev–Trinajstić information content (AvgIpc) is 2.87. The molecular formula is C22H36O17. The molecule has 0 spiro atoms. The number of aliphatic hydroxyl groups excluding tert-OH is 8. The molecule has 0 aromatic heterocycles. The Bertz CT molecular complexity index is 828. The van der Waals surface area contributed by atoms with Crippen molar-refractivity contribution in [3.8, 4) is 0 Å². The van der Waals surface area contributed by atoms with E-state index in [1.165, 1.54) is 6.92 Å². The third-order valence-electron chi connectivity index (χ3n) is 6.58. The number of rotatable bonds is 8. The van der Waals surface area contributed by atoms with E-state index in [2.05, 4.69) is 0 Å². The lowest BCUT2D eigenvalue weighted by atomic mass is 9.97. The largest absolute Gasteiger partial charge is 0.463 e. The van der Waals surface area contributed by atoms with Gasteiger partial charge >= 0.3 is 11.9 Å². The van der Waals surface area contributed by atoms with Gasteiger partial charge in [0.15, 0.2) is 25.0 Å². The van der Waals surface area contributed by atoms with Crippen LogP contribution in [-0.4, -0.2) is 158 Å². The highest BCUT2D eigenvalue weighted by molar-refractivity contribution is 5.66. The van der Waals surface area contributed by atoms with Gasteiger partial charge in [-0.15, -0.1) is 0 Å². The molecule has 3 fully saturated rings. The van der Waals surface area contributed by atoms with E-state index in [1.54, 1.807) is 0 Å². The summed E-state index contributed by atoms with van der Waals surface area (Å²) in [6.07, 6.45) is -23.8. The van der Waals surface area contributed by atoms with Gasteiger partial charge in [-0.25, -0.2) is 0 Å². The molecule has 0 aliphatic carbocycles. The van der Waals surface area contributed by atoms with Gasteiger partial charge < -0.3 is 74.0 Å². The fraction of sp³-hybridized carbons (Fsp3) is 0.909. The molecule has 0 aromatic carbocycles. The van der Waals surface area contributed by atoms with Crippen LogP contribution in [-0.2, 0) is 42.7 Å². The van der Waals surface area contributed by atoms with E-state index in [-0.39, 0.29) is 0 Å². The molecule has 3 saturated heterocycles. The van der Waals surface area contributed by atoms with E-state index in [4.69, 9.17) is 33.2 Å². The van der Waals surface area contributed by atoms with Gasteiger partial charge in [0.05, 0.1) is 12.7 Å². The Morgan fingerprint density at radius 3 is 1.92 bits per heavy atom. The maximum atomic E-state index is 11.4. The van der Waals surface area contributed by atoms with Gasteiger partial charge in [0.25, 0.3) is 0 Å². The van der Waals surface area contributed by atoms with E-state index in [9.17, 15) is 50.4 Å². The zero-order valence-corrected chi connectivity index (χ0v) is 21.3. The van der Waals surface area contributed by atoms with Gasteiger partial charge in [-0.2, -0.15) is 0 Å². The average molecular weight is 573 g/mol. The van der Waals surface area contributed by atoms with E-state index >= 15 is 0 Å². The Labute approximate surface area is 222 Å². The quantitative estimate of drug-likeness (QED) is 0.126. The van der Waals surface area contributed by atoms with E-state index < -0.39 is 117 Å². The molecule has 0 amide bonds. The van der Waals surface area contributed by atoms with Gasteiger partial charge in [0, 0.05) is 13.8 Å². The first-order chi connectivity index (χ1) is 18.2. The molecule has 0 radical (unpaired) electrons. The number of carbonyl (C=O) groups is 2. The first-order valence-electron chi connectivity index (χ1n) is 12.2. The monoisotopic (exact) mass is 572 g/mol. The lowest BCUT2D eigenvalue weighted by Gasteiger charge is -2.46. The van der Waals surface area contributed by atoms with Gasteiger partial charge in [-0.3, -0.25) is 9.59 Å². The maximum absolute atomic E-state index is 11.4. The second-order valence-electron chi connectivity index (χ2n) is 9.56. The Balaban J connectivity index is 1.72. The van der Waals surface area contributed by atoms with Crippen LogP contribution in [0.1, 0.15) is 20.8 Å². The van der Waals surface area contributed by atoms with Crippen LogP contribution in [0.2, 0.25) is 0 Å². The summed E-state index contributed by atoms with van der Waals surface area (Å²) < 4.78 is 37.1. The third-order valence-corrected chi connectivity index (χ3v) is 6.58. The maximum Gasteiger partial charge on any atom is 0.303 e. The molecular weight excluding hydrogens is 536 g/mol. The summed E-state index contributed by atoms with van der Waals surface area (Å²) in [5.41, 5.74) is 0. The highest BCUT2D eigenvalue weighted by atomic mass is 16.7. The molecule has 17 nitrogen and oxygen atoms in total. The van der Waals surface area contributed by atoms with Gasteiger partial charge in [-0.1, -0.05) is 0 Å². The molecule has 226 valence electrons. The Morgan fingerprint density at radius 1 is 0.641 bits per heavy atom. The molecule has 17 heteroatoms. The SMILES string of the molecule is CC(=O)OC[C@H]1O[C@@H](OC[C@H]2O[C@@H](O)[C@H](O)[C@@H](O)[C@@H]2O)[C@H](O)[C@@H](O)[C@@H]1O[C@@H]1O[C@@H](C)[C@H](O)[C@@H](OC(C)=O)[C@H]1O. The van der Waals surface area contributed by atoms with Crippen molar-refractivity contribution in [3.05, 3.63) is 0 Å². The smallest absolute Gasteiger partial charge is 0.303 e. The normalized spacial score (nSPS) is 46.9. The van der Waals surface area contributed by atoms with Crippen molar-refractivity contribution in [3.63, 3.8) is 0 Å². The first-order valence-corrected chi connectivity index (χ1v) is 12.2. The summed E-state index contributed by atoms with van der Waals surface area (Å²) in [5.74, 6) is -1.52. The molecule has 8 N–H and O–H groups in total. The Morgan fingerprint density at radius 2 is 1.31 bits per heavy atom. The van der Waals surface area contributed by atoms with E-state index in [0.29, 0.717) is 0 Å². The lowest BCUT2D eigenvalue weighted by Crippen LogP contribution is -2.65. The van der Waals surface area contributed by atoms with Crippen LogP contribution < -0.4 is 0 Å². The molecule has 0 aromatic rings. The molecule has 3 aliphatic rings. The van der Waals surface area contributed by atoms with Gasteiger partial charge in [-0.05, 0) is 6.92 Å². The number of aliphatic hydroxyl groups is 8. The minimum atomic E-state index is -1.84. The summed E-state index contributed by atoms with van der Waals surface area (Å²) in [6, 6.07) is 0. The standard InChI is InChI=1S/C22H36O17/c1-6-11(25)19(36-8(3)24)17(31)22(35-6)39-18-10(5-33-7(2)23)38-21(16(30)14(18)28)34-4-9-12(26)13(27)15(29)20(32)37-9/h6,9-22,25-32H,4-5H2,1-3H3/t6-,9+,10+,11-,12+,13-,14+,15+,16+,17+,18+,19+,20+,21+,22-/m0/s1. The van der Waals surface area contributed by atoms with Crippen LogP contribution in [0, 0.1) is 0 Å². The van der Waals surface area contributed by atoms with Crippen molar-refractivity contribution in [2.75, 3.05) is 13.2 Å².